The molecule has 3 fully saturated rings. The normalized spacial score (nSPS) is 21.9. The second-order valence-corrected chi connectivity index (χ2v) is 12.9. The summed E-state index contributed by atoms with van der Waals surface area (Å²) in [7, 11) is 0. The van der Waals surface area contributed by atoms with Crippen LogP contribution < -0.4 is 15.0 Å². The molecule has 45 heavy (non-hydrogen) atoms. The maximum atomic E-state index is 13.5. The number of benzene rings is 1. The van der Waals surface area contributed by atoms with E-state index in [2.05, 4.69) is 32.2 Å². The molecule has 0 spiro atoms. The molecule has 5 heterocycles. The lowest BCUT2D eigenvalue weighted by atomic mass is 9.93. The largest absolute Gasteiger partial charge is 0.486 e. The van der Waals surface area contributed by atoms with E-state index in [9.17, 15) is 9.90 Å². The summed E-state index contributed by atoms with van der Waals surface area (Å²) in [6.07, 6.45) is 8.21. The number of morpholine rings is 1. The summed E-state index contributed by atoms with van der Waals surface area (Å²) < 4.78 is 17.1. The minimum absolute atomic E-state index is 0. The maximum Gasteiger partial charge on any atom is 0.181 e. The number of anilines is 2. The number of fused-ring (bicyclic) bond motifs is 3. The zero-order valence-corrected chi connectivity index (χ0v) is 27.0. The van der Waals surface area contributed by atoms with Gasteiger partial charge in [-0.1, -0.05) is 6.07 Å². The highest BCUT2D eigenvalue weighted by Gasteiger charge is 2.38. The number of hydrogen-bond donors (Lipinski definition) is 2. The molecular weight excluding hydrogens is 590 g/mol. The summed E-state index contributed by atoms with van der Waals surface area (Å²) in [5, 5.41) is 14.5. The average Bonchev–Trinajstić information content (AvgIpc) is 3.54. The van der Waals surface area contributed by atoms with E-state index in [0.29, 0.717) is 62.9 Å². The topological polar surface area (TPSA) is 113 Å². The summed E-state index contributed by atoms with van der Waals surface area (Å²) in [5.74, 6) is 3.28. The van der Waals surface area contributed by atoms with Crippen molar-refractivity contribution in [2.24, 2.45) is 0 Å². The van der Waals surface area contributed by atoms with Gasteiger partial charge in [0.15, 0.2) is 17.9 Å². The molecule has 3 atom stereocenters. The number of aliphatic hydroxyl groups is 1. The van der Waals surface area contributed by atoms with Gasteiger partial charge in [-0.3, -0.25) is 9.69 Å². The van der Waals surface area contributed by atoms with Crippen molar-refractivity contribution in [1.82, 2.24) is 14.9 Å². The van der Waals surface area contributed by atoms with Crippen LogP contribution >= 0.6 is 13.5 Å². The predicted molar refractivity (Wildman–Crippen MR) is 177 cm³/mol. The number of carbonyl (C=O) groups excluding carboxylic acids is 1. The molecule has 11 heteroatoms. The van der Waals surface area contributed by atoms with Crippen LogP contribution in [0.3, 0.4) is 0 Å². The van der Waals surface area contributed by atoms with E-state index in [-0.39, 0.29) is 19.3 Å². The van der Waals surface area contributed by atoms with Crippen molar-refractivity contribution >= 4 is 30.9 Å². The lowest BCUT2D eigenvalue weighted by Crippen LogP contribution is -2.46. The second-order valence-electron chi connectivity index (χ2n) is 12.9. The lowest BCUT2D eigenvalue weighted by Gasteiger charge is -2.36. The van der Waals surface area contributed by atoms with Gasteiger partial charge < -0.3 is 29.2 Å². The first kappa shape index (κ1) is 31.8. The van der Waals surface area contributed by atoms with Crippen LogP contribution in [0.4, 0.5) is 11.6 Å². The number of Topliss-reactive ketones (excluding diaryl/α,β-unsaturated/α-hetero) is 1. The number of rotatable bonds is 12. The molecule has 1 aliphatic carbocycles. The third kappa shape index (κ3) is 7.32. The summed E-state index contributed by atoms with van der Waals surface area (Å²) in [4.78, 5) is 27.2. The molecule has 2 N–H and O–H groups in total. The first-order valence-electron chi connectivity index (χ1n) is 16.2. The average molecular weight is 636 g/mol. The van der Waals surface area contributed by atoms with Gasteiger partial charge in [0.1, 0.15) is 24.0 Å². The molecular formula is C34H45N5O5S. The first-order valence-corrected chi connectivity index (χ1v) is 16.2. The molecule has 2 saturated heterocycles. The molecule has 3 aromatic rings. The molecule has 1 aromatic carbocycles. The SMILES string of the molecule is Cc1ncoc1COc1ccc2c(c1)CCN(C[C@@H](O)CCC(=O)c1cc(NC3CCC3)nc(N3C4CCC3COC4)c1)C2.S. The van der Waals surface area contributed by atoms with E-state index in [1.165, 1.54) is 23.9 Å². The zero-order valence-electron chi connectivity index (χ0n) is 26.0. The Hall–Kier alpha value is -3.12. The summed E-state index contributed by atoms with van der Waals surface area (Å²) in [6, 6.07) is 11.1. The van der Waals surface area contributed by atoms with E-state index in [4.69, 9.17) is 18.9 Å². The minimum Gasteiger partial charge on any atom is -0.486 e. The third-order valence-electron chi connectivity index (χ3n) is 9.75. The number of nitrogens with one attached hydrogen (secondary N) is 1. The Balaban J connectivity index is 0.00000357. The van der Waals surface area contributed by atoms with Gasteiger partial charge in [-0.2, -0.15) is 13.5 Å². The fourth-order valence-electron chi connectivity index (χ4n) is 6.93. The van der Waals surface area contributed by atoms with Gasteiger partial charge in [0, 0.05) is 37.7 Å². The smallest absolute Gasteiger partial charge is 0.181 e. The molecule has 4 aliphatic rings. The lowest BCUT2D eigenvalue weighted by molar-refractivity contribution is 0.0836. The quantitative estimate of drug-likeness (QED) is 0.270. The highest BCUT2D eigenvalue weighted by Crippen LogP contribution is 2.35. The predicted octanol–water partition coefficient (Wildman–Crippen LogP) is 4.78. The molecule has 3 aliphatic heterocycles. The fourth-order valence-corrected chi connectivity index (χ4v) is 6.93. The number of aliphatic hydroxyl groups excluding tert-OH is 1. The number of aryl methyl sites for hydroxylation is 1. The maximum absolute atomic E-state index is 13.5. The van der Waals surface area contributed by atoms with Crippen LogP contribution in [0.5, 0.6) is 5.75 Å². The minimum atomic E-state index is -0.572. The Kier molecular flexibility index (Phi) is 9.99. The zero-order chi connectivity index (χ0) is 30.0. The molecule has 0 radical (unpaired) electrons. The summed E-state index contributed by atoms with van der Waals surface area (Å²) in [6.45, 7) is 5.86. The van der Waals surface area contributed by atoms with Crippen molar-refractivity contribution in [3.05, 3.63) is 64.9 Å². The Morgan fingerprint density at radius 1 is 1.13 bits per heavy atom. The third-order valence-corrected chi connectivity index (χ3v) is 9.75. The van der Waals surface area contributed by atoms with E-state index in [1.807, 2.05) is 25.1 Å². The fraction of sp³-hybridized carbons (Fsp3) is 0.559. The highest BCUT2D eigenvalue weighted by atomic mass is 32.1. The van der Waals surface area contributed by atoms with E-state index in [0.717, 1.165) is 74.0 Å². The molecule has 0 amide bonds. The number of pyridine rings is 1. The Morgan fingerprint density at radius 2 is 1.96 bits per heavy atom. The first-order chi connectivity index (χ1) is 21.5. The van der Waals surface area contributed by atoms with Crippen molar-refractivity contribution in [2.75, 3.05) is 36.5 Å². The van der Waals surface area contributed by atoms with Gasteiger partial charge in [-0.25, -0.2) is 9.97 Å². The molecule has 7 rings (SSSR count). The van der Waals surface area contributed by atoms with Gasteiger partial charge in [0.2, 0.25) is 0 Å². The molecule has 2 aromatic heterocycles. The standard InChI is InChI=1S/C34H43N5O5.H2S/c1-22-32(44-21-35-22)20-43-30-9-5-24-16-38(12-11-23(24)13-30)17-29(40)8-10-31(41)25-14-33(36-26-3-2-4-26)37-34(15-25)39-27-6-7-28(39)19-42-18-27;/h5,9,13-15,21,26-29,40H,2-4,6-8,10-12,16-20H2,1H3,(H,36,37);1H2/t27?,28?,29-;/m0./s1. The Bertz CT molecular complexity index is 1460. The van der Waals surface area contributed by atoms with E-state index < -0.39 is 6.10 Å². The molecule has 10 nitrogen and oxygen atoms in total. The summed E-state index contributed by atoms with van der Waals surface area (Å²) in [5.41, 5.74) is 4.04. The van der Waals surface area contributed by atoms with Gasteiger partial charge in [0.05, 0.1) is 37.1 Å². The number of nitrogens with zero attached hydrogens (tertiary/aromatic N) is 4. The van der Waals surface area contributed by atoms with Crippen LogP contribution in [0.15, 0.2) is 41.1 Å². The molecule has 2 bridgehead atoms. The molecule has 242 valence electrons. The number of oxazole rings is 1. The monoisotopic (exact) mass is 635 g/mol. The van der Waals surface area contributed by atoms with Crippen molar-refractivity contribution < 1.29 is 23.8 Å². The molecule has 2 unspecified atom stereocenters. The van der Waals surface area contributed by atoms with Crippen molar-refractivity contribution in [3.8, 4) is 5.75 Å². The van der Waals surface area contributed by atoms with Crippen LogP contribution in [0.25, 0.3) is 0 Å². The number of ketones is 1. The van der Waals surface area contributed by atoms with Gasteiger partial charge in [0.25, 0.3) is 0 Å². The van der Waals surface area contributed by atoms with Crippen LogP contribution in [0.2, 0.25) is 0 Å². The van der Waals surface area contributed by atoms with Crippen molar-refractivity contribution in [1.29, 1.82) is 0 Å². The van der Waals surface area contributed by atoms with E-state index in [1.54, 1.807) is 0 Å². The van der Waals surface area contributed by atoms with Crippen LogP contribution in [-0.4, -0.2) is 76.3 Å². The van der Waals surface area contributed by atoms with E-state index >= 15 is 0 Å². The van der Waals surface area contributed by atoms with Gasteiger partial charge in [-0.15, -0.1) is 0 Å². The van der Waals surface area contributed by atoms with Gasteiger partial charge in [-0.05, 0) is 87.3 Å². The number of hydrogen-bond acceptors (Lipinski definition) is 10. The van der Waals surface area contributed by atoms with Crippen molar-refractivity contribution in [2.45, 2.75) is 95.7 Å². The van der Waals surface area contributed by atoms with Crippen LogP contribution in [0, 0.1) is 6.92 Å². The second kappa shape index (κ2) is 14.1. The highest BCUT2D eigenvalue weighted by molar-refractivity contribution is 7.59. The number of carbonyl (C=O) groups is 1. The van der Waals surface area contributed by atoms with Crippen LogP contribution in [0.1, 0.15) is 77.9 Å². The van der Waals surface area contributed by atoms with Crippen LogP contribution in [-0.2, 0) is 24.3 Å². The Morgan fingerprint density at radius 3 is 2.69 bits per heavy atom. The Labute approximate surface area is 271 Å². The number of aromatic nitrogens is 2. The number of β-amino-alcohol motifs (C(OH)–C–C–N with tert-alkyl or cyclic N) is 1. The number of ether oxygens (including phenoxy) is 2. The van der Waals surface area contributed by atoms with Crippen molar-refractivity contribution in [3.63, 3.8) is 0 Å². The van der Waals surface area contributed by atoms with Gasteiger partial charge >= 0.3 is 0 Å². The summed E-state index contributed by atoms with van der Waals surface area (Å²) >= 11 is 0. The molecule has 1 saturated carbocycles.